The fourth-order valence-electron chi connectivity index (χ4n) is 1.49. The summed E-state index contributed by atoms with van der Waals surface area (Å²) in [7, 11) is 0. The molecule has 0 saturated carbocycles. The van der Waals surface area contributed by atoms with E-state index in [1.165, 1.54) is 6.08 Å². The third kappa shape index (κ3) is 3.24. The smallest absolute Gasteiger partial charge is 0.132 e. The van der Waals surface area contributed by atoms with Crippen molar-refractivity contribution in [3.8, 4) is 0 Å². The lowest BCUT2D eigenvalue weighted by Gasteiger charge is -2.00. The third-order valence-corrected chi connectivity index (χ3v) is 2.78. The molecular weight excluding hydrogens is 281 g/mol. The Hall–Kier alpha value is -1.48. The third-order valence-electron chi connectivity index (χ3n) is 2.28. The lowest BCUT2D eigenvalue weighted by atomic mass is 10.2. The second kappa shape index (κ2) is 5.23. The van der Waals surface area contributed by atoms with E-state index in [2.05, 4.69) is 20.9 Å². The number of nitrogens with zero attached hydrogens (tertiary/aromatic N) is 1. The van der Waals surface area contributed by atoms with E-state index < -0.39 is 0 Å². The van der Waals surface area contributed by atoms with Crippen LogP contribution >= 0.6 is 15.9 Å². The Bertz CT molecular complexity index is 564. The molecule has 1 nitrogen and oxygen atoms in total. The van der Waals surface area contributed by atoms with Crippen molar-refractivity contribution < 1.29 is 4.39 Å². The van der Waals surface area contributed by atoms with Crippen LogP contribution in [0, 0.1) is 6.92 Å². The second-order valence-electron chi connectivity index (χ2n) is 3.71. The van der Waals surface area contributed by atoms with Gasteiger partial charge in [0, 0.05) is 21.8 Å². The average molecular weight is 292 g/mol. The maximum Gasteiger partial charge on any atom is 0.132 e. The molecular formula is C14H11BrFN. The molecule has 1 heterocycles. The highest BCUT2D eigenvalue weighted by atomic mass is 79.9. The monoisotopic (exact) mass is 291 g/mol. The summed E-state index contributed by atoms with van der Waals surface area (Å²) in [5.74, 6) is -0.288. The summed E-state index contributed by atoms with van der Waals surface area (Å²) in [5, 5.41) is 0. The van der Waals surface area contributed by atoms with Gasteiger partial charge >= 0.3 is 0 Å². The largest absolute Gasteiger partial charge is 0.254 e. The summed E-state index contributed by atoms with van der Waals surface area (Å²) in [6.07, 6.45) is 1.44. The Morgan fingerprint density at radius 3 is 2.71 bits per heavy atom. The van der Waals surface area contributed by atoms with Crippen LogP contribution in [0.4, 0.5) is 4.39 Å². The minimum atomic E-state index is -0.288. The number of aromatic nitrogens is 1. The first kappa shape index (κ1) is 12.0. The summed E-state index contributed by atoms with van der Waals surface area (Å²) in [6.45, 7) is 1.88. The van der Waals surface area contributed by atoms with Gasteiger partial charge in [-0.1, -0.05) is 34.1 Å². The molecule has 0 bridgehead atoms. The Morgan fingerprint density at radius 2 is 2.00 bits per heavy atom. The van der Waals surface area contributed by atoms with Crippen molar-refractivity contribution in [2.24, 2.45) is 0 Å². The van der Waals surface area contributed by atoms with Crippen LogP contribution in [-0.2, 0) is 0 Å². The Labute approximate surface area is 108 Å². The van der Waals surface area contributed by atoms with Gasteiger partial charge in [0.05, 0.1) is 5.69 Å². The van der Waals surface area contributed by atoms with Gasteiger partial charge in [-0.3, -0.25) is 4.98 Å². The molecule has 0 N–H and O–H groups in total. The van der Waals surface area contributed by atoms with Crippen molar-refractivity contribution in [1.82, 2.24) is 4.98 Å². The van der Waals surface area contributed by atoms with Gasteiger partial charge in [0.1, 0.15) is 5.83 Å². The molecule has 0 aliphatic carbocycles. The zero-order valence-electron chi connectivity index (χ0n) is 9.32. The average Bonchev–Trinajstić information content (AvgIpc) is 2.29. The van der Waals surface area contributed by atoms with E-state index in [0.717, 1.165) is 10.2 Å². The molecule has 0 aliphatic heterocycles. The molecule has 0 saturated heterocycles. The standard InChI is InChI=1S/C14H11BrFN/c1-10-4-2-7-13(17-10)9-14(16)11-5-3-6-12(15)8-11/h2-9H,1H3. The quantitative estimate of drug-likeness (QED) is 0.787. The Morgan fingerprint density at radius 1 is 1.24 bits per heavy atom. The number of benzene rings is 1. The normalized spacial score (nSPS) is 11.6. The maximum atomic E-state index is 13.9. The van der Waals surface area contributed by atoms with Crippen molar-refractivity contribution >= 4 is 27.8 Å². The van der Waals surface area contributed by atoms with Crippen LogP contribution < -0.4 is 0 Å². The van der Waals surface area contributed by atoms with Gasteiger partial charge in [-0.05, 0) is 31.2 Å². The lowest BCUT2D eigenvalue weighted by Crippen LogP contribution is -1.85. The minimum Gasteiger partial charge on any atom is -0.254 e. The summed E-state index contributed by atoms with van der Waals surface area (Å²) in [5.41, 5.74) is 2.05. The SMILES string of the molecule is Cc1cccc(C=C(F)c2cccc(Br)c2)n1. The van der Waals surface area contributed by atoms with Crippen LogP contribution in [-0.4, -0.2) is 4.98 Å². The highest BCUT2D eigenvalue weighted by Crippen LogP contribution is 2.22. The van der Waals surface area contributed by atoms with E-state index in [1.54, 1.807) is 24.3 Å². The van der Waals surface area contributed by atoms with Crippen LogP contribution in [0.3, 0.4) is 0 Å². The number of rotatable bonds is 2. The number of pyridine rings is 1. The van der Waals surface area contributed by atoms with Crippen LogP contribution in [0.2, 0.25) is 0 Å². The predicted octanol–water partition coefficient (Wildman–Crippen LogP) is 4.62. The molecule has 3 heteroatoms. The lowest BCUT2D eigenvalue weighted by molar-refractivity contribution is 0.765. The van der Waals surface area contributed by atoms with Crippen molar-refractivity contribution in [2.75, 3.05) is 0 Å². The zero-order valence-corrected chi connectivity index (χ0v) is 10.9. The first-order valence-electron chi connectivity index (χ1n) is 5.22. The van der Waals surface area contributed by atoms with Gasteiger partial charge in [-0.15, -0.1) is 0 Å². The van der Waals surface area contributed by atoms with E-state index in [1.807, 2.05) is 25.1 Å². The molecule has 17 heavy (non-hydrogen) atoms. The molecule has 0 spiro atoms. The van der Waals surface area contributed by atoms with Crippen LogP contribution in [0.15, 0.2) is 46.9 Å². The van der Waals surface area contributed by atoms with E-state index in [0.29, 0.717) is 11.3 Å². The van der Waals surface area contributed by atoms with Gasteiger partial charge in [0.25, 0.3) is 0 Å². The topological polar surface area (TPSA) is 12.9 Å². The summed E-state index contributed by atoms with van der Waals surface area (Å²) < 4.78 is 14.8. The van der Waals surface area contributed by atoms with E-state index >= 15 is 0 Å². The predicted molar refractivity (Wildman–Crippen MR) is 72.1 cm³/mol. The molecule has 0 fully saturated rings. The fraction of sp³-hybridized carbons (Fsp3) is 0.0714. The van der Waals surface area contributed by atoms with Crippen molar-refractivity contribution in [2.45, 2.75) is 6.92 Å². The van der Waals surface area contributed by atoms with Crippen molar-refractivity contribution in [3.63, 3.8) is 0 Å². The molecule has 86 valence electrons. The summed E-state index contributed by atoms with van der Waals surface area (Å²) in [6, 6.07) is 12.7. The zero-order chi connectivity index (χ0) is 12.3. The maximum absolute atomic E-state index is 13.9. The first-order valence-corrected chi connectivity index (χ1v) is 6.01. The summed E-state index contributed by atoms with van der Waals surface area (Å²) in [4.78, 5) is 4.23. The van der Waals surface area contributed by atoms with E-state index in [9.17, 15) is 4.39 Å². The van der Waals surface area contributed by atoms with Gasteiger partial charge in [-0.2, -0.15) is 0 Å². The van der Waals surface area contributed by atoms with Gasteiger partial charge < -0.3 is 0 Å². The molecule has 0 atom stereocenters. The molecule has 1 aromatic heterocycles. The number of hydrogen-bond acceptors (Lipinski definition) is 1. The molecule has 2 aromatic rings. The van der Waals surface area contributed by atoms with Gasteiger partial charge in [0.2, 0.25) is 0 Å². The van der Waals surface area contributed by atoms with E-state index in [-0.39, 0.29) is 5.83 Å². The highest BCUT2D eigenvalue weighted by Gasteiger charge is 2.01. The van der Waals surface area contributed by atoms with Crippen molar-refractivity contribution in [3.05, 3.63) is 63.9 Å². The van der Waals surface area contributed by atoms with Gasteiger partial charge in [-0.25, -0.2) is 4.39 Å². The Balaban J connectivity index is 2.34. The fourth-order valence-corrected chi connectivity index (χ4v) is 1.89. The minimum absolute atomic E-state index is 0.288. The number of halogens is 2. The van der Waals surface area contributed by atoms with Gasteiger partial charge in [0.15, 0.2) is 0 Å². The number of aryl methyl sites for hydroxylation is 1. The van der Waals surface area contributed by atoms with E-state index in [4.69, 9.17) is 0 Å². The molecule has 0 unspecified atom stereocenters. The van der Waals surface area contributed by atoms with Crippen LogP contribution in [0.5, 0.6) is 0 Å². The molecule has 1 aromatic carbocycles. The number of hydrogen-bond donors (Lipinski definition) is 0. The molecule has 0 radical (unpaired) electrons. The second-order valence-corrected chi connectivity index (χ2v) is 4.62. The van der Waals surface area contributed by atoms with Crippen LogP contribution in [0.1, 0.15) is 17.0 Å². The summed E-state index contributed by atoms with van der Waals surface area (Å²) >= 11 is 3.32. The van der Waals surface area contributed by atoms with Crippen molar-refractivity contribution in [1.29, 1.82) is 0 Å². The molecule has 0 amide bonds. The molecule has 0 aliphatic rings. The Kier molecular flexibility index (Phi) is 3.69. The highest BCUT2D eigenvalue weighted by molar-refractivity contribution is 9.10. The first-order chi connectivity index (χ1) is 8.15. The van der Waals surface area contributed by atoms with Crippen LogP contribution in [0.25, 0.3) is 11.9 Å². The molecule has 2 rings (SSSR count).